The molecule has 1 unspecified atom stereocenters. The van der Waals surface area contributed by atoms with Crippen LogP contribution in [0.3, 0.4) is 0 Å². The molecule has 1 aromatic carbocycles. The molecule has 5 nitrogen and oxygen atoms in total. The molecule has 0 fully saturated rings. The van der Waals surface area contributed by atoms with Gasteiger partial charge in [0.2, 0.25) is 5.88 Å². The Morgan fingerprint density at radius 2 is 2.15 bits per heavy atom. The maximum atomic E-state index is 14.7. The highest BCUT2D eigenvalue weighted by Gasteiger charge is 2.27. The first-order chi connectivity index (χ1) is 12.6. The number of hydrogen-bond acceptors (Lipinski definition) is 5. The first-order valence-corrected chi connectivity index (χ1v) is 8.69. The smallest absolute Gasteiger partial charge is 0.357 e. The SMILES string of the molecule is CCOC(=O)c1cc(-c2ccc(CC)cc2F)c2c(n1)OC(C=O)CC2. The fraction of sp³-hybridized carbons (Fsp3) is 0.350. The summed E-state index contributed by atoms with van der Waals surface area (Å²) < 4.78 is 25.3. The van der Waals surface area contributed by atoms with E-state index in [1.807, 2.05) is 13.0 Å². The van der Waals surface area contributed by atoms with E-state index < -0.39 is 12.1 Å². The summed E-state index contributed by atoms with van der Waals surface area (Å²) in [5, 5.41) is 0. The van der Waals surface area contributed by atoms with Gasteiger partial charge in [-0.15, -0.1) is 0 Å². The number of hydrogen-bond donors (Lipinski definition) is 0. The lowest BCUT2D eigenvalue weighted by molar-refractivity contribution is -0.114. The summed E-state index contributed by atoms with van der Waals surface area (Å²) >= 11 is 0. The van der Waals surface area contributed by atoms with E-state index in [1.165, 1.54) is 12.1 Å². The summed E-state index contributed by atoms with van der Waals surface area (Å²) in [6.07, 6.45) is 1.81. The van der Waals surface area contributed by atoms with Crippen molar-refractivity contribution in [3.8, 4) is 17.0 Å². The minimum atomic E-state index is -0.618. The van der Waals surface area contributed by atoms with Crippen molar-refractivity contribution in [2.75, 3.05) is 6.61 Å². The molecule has 0 bridgehead atoms. The summed E-state index contributed by atoms with van der Waals surface area (Å²) in [4.78, 5) is 27.4. The van der Waals surface area contributed by atoms with Gasteiger partial charge in [0, 0.05) is 11.1 Å². The third-order valence-electron chi connectivity index (χ3n) is 4.40. The lowest BCUT2D eigenvalue weighted by Crippen LogP contribution is -2.26. The third kappa shape index (κ3) is 3.45. The molecule has 1 aliphatic heterocycles. The summed E-state index contributed by atoms with van der Waals surface area (Å²) in [6, 6.07) is 6.58. The fourth-order valence-corrected chi connectivity index (χ4v) is 3.02. The molecule has 0 saturated heterocycles. The zero-order valence-corrected chi connectivity index (χ0v) is 14.8. The number of aromatic nitrogens is 1. The Balaban J connectivity index is 2.15. The van der Waals surface area contributed by atoms with E-state index >= 15 is 0 Å². The molecule has 0 spiro atoms. The van der Waals surface area contributed by atoms with Gasteiger partial charge in [0.15, 0.2) is 18.1 Å². The largest absolute Gasteiger partial charge is 0.466 e. The van der Waals surface area contributed by atoms with Gasteiger partial charge in [-0.25, -0.2) is 14.2 Å². The van der Waals surface area contributed by atoms with E-state index in [1.54, 1.807) is 13.0 Å². The van der Waals surface area contributed by atoms with Gasteiger partial charge in [-0.05, 0) is 49.4 Å². The first kappa shape index (κ1) is 18.0. The van der Waals surface area contributed by atoms with E-state index in [2.05, 4.69) is 4.98 Å². The number of halogens is 1. The monoisotopic (exact) mass is 357 g/mol. The van der Waals surface area contributed by atoms with E-state index in [0.717, 1.165) is 12.0 Å². The molecule has 3 rings (SSSR count). The van der Waals surface area contributed by atoms with Crippen molar-refractivity contribution >= 4 is 12.3 Å². The summed E-state index contributed by atoms with van der Waals surface area (Å²) in [7, 11) is 0. The van der Waals surface area contributed by atoms with Gasteiger partial charge >= 0.3 is 5.97 Å². The number of benzene rings is 1. The average Bonchev–Trinajstić information content (AvgIpc) is 2.66. The lowest BCUT2D eigenvalue weighted by Gasteiger charge is -2.24. The van der Waals surface area contributed by atoms with Crippen LogP contribution in [-0.2, 0) is 22.4 Å². The molecule has 6 heteroatoms. The van der Waals surface area contributed by atoms with Crippen molar-refractivity contribution in [3.05, 3.63) is 46.9 Å². The predicted octanol–water partition coefficient (Wildman–Crippen LogP) is 3.52. The maximum absolute atomic E-state index is 14.7. The van der Waals surface area contributed by atoms with Gasteiger partial charge in [0.05, 0.1) is 6.61 Å². The molecule has 2 heterocycles. The Kier molecular flexibility index (Phi) is 5.30. The number of aldehydes is 1. The Labute approximate surface area is 151 Å². The second-order valence-electron chi connectivity index (χ2n) is 6.06. The van der Waals surface area contributed by atoms with Crippen LogP contribution in [0.25, 0.3) is 11.1 Å². The molecule has 0 amide bonds. The van der Waals surface area contributed by atoms with Gasteiger partial charge < -0.3 is 9.47 Å². The highest BCUT2D eigenvalue weighted by molar-refractivity contribution is 5.90. The molecule has 26 heavy (non-hydrogen) atoms. The van der Waals surface area contributed by atoms with E-state index in [4.69, 9.17) is 9.47 Å². The van der Waals surface area contributed by atoms with Gasteiger partial charge in [-0.2, -0.15) is 0 Å². The summed E-state index contributed by atoms with van der Waals surface area (Å²) in [5.74, 6) is -0.795. The number of pyridine rings is 1. The Bertz CT molecular complexity index is 850. The zero-order chi connectivity index (χ0) is 18.7. The highest BCUT2D eigenvalue weighted by Crippen LogP contribution is 2.36. The second kappa shape index (κ2) is 7.64. The van der Waals surface area contributed by atoms with Gasteiger partial charge in [-0.1, -0.05) is 19.1 Å². The third-order valence-corrected chi connectivity index (χ3v) is 4.40. The Hall–Kier alpha value is -2.76. The molecule has 0 radical (unpaired) electrons. The number of carbonyl (C=O) groups is 2. The van der Waals surface area contributed by atoms with Crippen LogP contribution >= 0.6 is 0 Å². The summed E-state index contributed by atoms with van der Waals surface area (Å²) in [6.45, 7) is 3.85. The van der Waals surface area contributed by atoms with E-state index in [0.29, 0.717) is 35.8 Å². The van der Waals surface area contributed by atoms with Crippen LogP contribution in [0.2, 0.25) is 0 Å². The molecule has 1 aliphatic rings. The van der Waals surface area contributed by atoms with Crippen molar-refractivity contribution in [1.29, 1.82) is 0 Å². The normalized spacial score (nSPS) is 15.7. The number of fused-ring (bicyclic) bond motifs is 1. The van der Waals surface area contributed by atoms with Crippen LogP contribution in [0, 0.1) is 5.82 Å². The first-order valence-electron chi connectivity index (χ1n) is 8.69. The van der Waals surface area contributed by atoms with Crippen LogP contribution in [0.5, 0.6) is 5.88 Å². The molecule has 1 atom stereocenters. The van der Waals surface area contributed by atoms with Crippen LogP contribution < -0.4 is 4.74 Å². The van der Waals surface area contributed by atoms with Crippen molar-refractivity contribution < 1.29 is 23.5 Å². The second-order valence-corrected chi connectivity index (χ2v) is 6.06. The number of aryl methyl sites for hydroxylation is 1. The molecular formula is C20H20FNO4. The number of rotatable bonds is 5. The van der Waals surface area contributed by atoms with Gasteiger partial charge in [-0.3, -0.25) is 4.79 Å². The number of esters is 1. The molecule has 2 aromatic rings. The van der Waals surface area contributed by atoms with E-state index in [9.17, 15) is 14.0 Å². The molecular weight excluding hydrogens is 337 g/mol. The minimum absolute atomic E-state index is 0.0334. The Morgan fingerprint density at radius 3 is 2.81 bits per heavy atom. The number of nitrogens with zero attached hydrogens (tertiary/aromatic N) is 1. The highest BCUT2D eigenvalue weighted by atomic mass is 19.1. The number of ether oxygens (including phenoxy) is 2. The molecule has 0 aliphatic carbocycles. The molecule has 136 valence electrons. The van der Waals surface area contributed by atoms with Gasteiger partial charge in [0.1, 0.15) is 5.82 Å². The fourth-order valence-electron chi connectivity index (χ4n) is 3.02. The quantitative estimate of drug-likeness (QED) is 0.605. The van der Waals surface area contributed by atoms with Crippen LogP contribution in [-0.4, -0.2) is 30.0 Å². The molecule has 0 N–H and O–H groups in total. The van der Waals surface area contributed by atoms with Crippen LogP contribution in [0.1, 0.15) is 41.9 Å². The van der Waals surface area contributed by atoms with Crippen LogP contribution in [0.15, 0.2) is 24.3 Å². The van der Waals surface area contributed by atoms with Gasteiger partial charge in [0.25, 0.3) is 0 Å². The lowest BCUT2D eigenvalue weighted by atomic mass is 9.93. The minimum Gasteiger partial charge on any atom is -0.466 e. The zero-order valence-electron chi connectivity index (χ0n) is 14.8. The van der Waals surface area contributed by atoms with Crippen molar-refractivity contribution in [2.24, 2.45) is 0 Å². The maximum Gasteiger partial charge on any atom is 0.357 e. The number of carbonyl (C=O) groups excluding carboxylic acids is 2. The van der Waals surface area contributed by atoms with Crippen LogP contribution in [0.4, 0.5) is 4.39 Å². The predicted molar refractivity (Wildman–Crippen MR) is 93.8 cm³/mol. The van der Waals surface area contributed by atoms with E-state index in [-0.39, 0.29) is 24.0 Å². The van der Waals surface area contributed by atoms with Crippen molar-refractivity contribution in [1.82, 2.24) is 4.98 Å². The standard InChI is InChI=1S/C20H20FNO4/c1-3-12-5-7-14(17(21)9-12)16-10-18(20(24)25-4-2)22-19-15(16)8-6-13(11-23)26-19/h5,7,9-11,13H,3-4,6,8H2,1-2H3. The Morgan fingerprint density at radius 1 is 1.35 bits per heavy atom. The average molecular weight is 357 g/mol. The van der Waals surface area contributed by atoms with Crippen molar-refractivity contribution in [3.63, 3.8) is 0 Å². The molecule has 1 aromatic heterocycles. The topological polar surface area (TPSA) is 65.5 Å². The molecule has 0 saturated carbocycles. The summed E-state index contributed by atoms with van der Waals surface area (Å²) in [5.41, 5.74) is 2.53. The van der Waals surface area contributed by atoms with Crippen molar-refractivity contribution in [2.45, 2.75) is 39.2 Å².